The predicted molar refractivity (Wildman–Crippen MR) is 118 cm³/mol. The third kappa shape index (κ3) is 4.10. The average Bonchev–Trinajstić information content (AvgIpc) is 3.19. The van der Waals surface area contributed by atoms with Crippen molar-refractivity contribution in [2.45, 2.75) is 38.3 Å². The van der Waals surface area contributed by atoms with Crippen LogP contribution in [-0.4, -0.2) is 27.5 Å². The Balaban J connectivity index is 1.49. The number of amides is 2. The predicted octanol–water partition coefficient (Wildman–Crippen LogP) is 3.31. The molecule has 1 aliphatic carbocycles. The van der Waals surface area contributed by atoms with Gasteiger partial charge in [0, 0.05) is 9.75 Å². The van der Waals surface area contributed by atoms with Crippen molar-refractivity contribution in [3.8, 4) is 0 Å². The molecule has 7 nitrogen and oxygen atoms in total. The van der Waals surface area contributed by atoms with Crippen LogP contribution < -0.4 is 16.6 Å². The van der Waals surface area contributed by atoms with Gasteiger partial charge in [0.1, 0.15) is 9.83 Å². The highest BCUT2D eigenvalue weighted by Crippen LogP contribution is 2.39. The standard InChI is InChI=1S/C19H20N4O3S3/c1-8-3-4-10-12(5-8)29-18(14(10)15(20)25)21-13(24)7-27-19-22-16(26)11-6-9(2)28-17(11)23-19/h6,8H,3-5,7H2,1-2H3,(H2,20,25)(H,21,24)(H,22,23,26). The number of carbonyl (C=O) groups is 2. The van der Waals surface area contributed by atoms with E-state index >= 15 is 0 Å². The number of aromatic nitrogens is 2. The molecule has 10 heteroatoms. The smallest absolute Gasteiger partial charge is 0.260 e. The number of nitrogens with zero attached hydrogens (tertiary/aromatic N) is 1. The highest BCUT2D eigenvalue weighted by Gasteiger charge is 2.27. The number of aromatic amines is 1. The van der Waals surface area contributed by atoms with Crippen LogP contribution in [0.1, 0.15) is 39.0 Å². The molecular weight excluding hydrogens is 428 g/mol. The zero-order chi connectivity index (χ0) is 20.7. The number of primary amides is 1. The maximum Gasteiger partial charge on any atom is 0.260 e. The summed E-state index contributed by atoms with van der Waals surface area (Å²) < 4.78 is 0. The van der Waals surface area contributed by atoms with Crippen LogP contribution in [0.15, 0.2) is 16.0 Å². The molecule has 0 spiro atoms. The average molecular weight is 449 g/mol. The molecule has 0 aliphatic heterocycles. The van der Waals surface area contributed by atoms with Gasteiger partial charge in [-0.25, -0.2) is 4.98 Å². The second kappa shape index (κ2) is 7.92. The third-order valence-electron chi connectivity index (χ3n) is 4.85. The van der Waals surface area contributed by atoms with Crippen LogP contribution in [0.4, 0.5) is 5.00 Å². The van der Waals surface area contributed by atoms with E-state index in [1.165, 1.54) is 22.7 Å². The van der Waals surface area contributed by atoms with Crippen LogP contribution in [0.5, 0.6) is 0 Å². The number of fused-ring (bicyclic) bond motifs is 2. The number of nitrogens with one attached hydrogen (secondary N) is 2. The molecule has 4 rings (SSSR count). The maximum atomic E-state index is 12.5. The first kappa shape index (κ1) is 20.1. The highest BCUT2D eigenvalue weighted by molar-refractivity contribution is 7.99. The Bertz CT molecular complexity index is 1180. The first-order chi connectivity index (χ1) is 13.8. The van der Waals surface area contributed by atoms with Gasteiger partial charge in [-0.05, 0) is 43.7 Å². The van der Waals surface area contributed by atoms with E-state index in [4.69, 9.17) is 5.73 Å². The van der Waals surface area contributed by atoms with E-state index in [-0.39, 0.29) is 17.2 Å². The number of anilines is 1. The van der Waals surface area contributed by atoms with Gasteiger partial charge < -0.3 is 16.0 Å². The van der Waals surface area contributed by atoms with Crippen molar-refractivity contribution < 1.29 is 9.59 Å². The van der Waals surface area contributed by atoms with Crippen LogP contribution in [-0.2, 0) is 17.6 Å². The van der Waals surface area contributed by atoms with Gasteiger partial charge in [0.25, 0.3) is 11.5 Å². The molecule has 1 aliphatic rings. The first-order valence-corrected chi connectivity index (χ1v) is 11.8. The van der Waals surface area contributed by atoms with E-state index in [1.54, 1.807) is 6.07 Å². The molecule has 0 aromatic carbocycles. The molecule has 3 heterocycles. The van der Waals surface area contributed by atoms with Gasteiger partial charge >= 0.3 is 0 Å². The fraction of sp³-hybridized carbons (Fsp3) is 0.368. The third-order valence-corrected chi connectivity index (χ3v) is 7.84. The molecular formula is C19H20N4O3S3. The molecule has 3 aromatic rings. The molecule has 3 aromatic heterocycles. The topological polar surface area (TPSA) is 118 Å². The minimum atomic E-state index is -0.510. The lowest BCUT2D eigenvalue weighted by Gasteiger charge is -2.18. The summed E-state index contributed by atoms with van der Waals surface area (Å²) in [6.07, 6.45) is 2.72. The molecule has 2 amide bonds. The fourth-order valence-electron chi connectivity index (χ4n) is 3.50. The minimum absolute atomic E-state index is 0.0655. The summed E-state index contributed by atoms with van der Waals surface area (Å²) in [6.45, 7) is 4.10. The monoisotopic (exact) mass is 448 g/mol. The summed E-state index contributed by atoms with van der Waals surface area (Å²) in [6, 6.07) is 1.80. The van der Waals surface area contributed by atoms with Gasteiger partial charge in [0.2, 0.25) is 5.91 Å². The number of hydrogen-bond donors (Lipinski definition) is 3. The lowest BCUT2D eigenvalue weighted by Crippen LogP contribution is -2.20. The summed E-state index contributed by atoms with van der Waals surface area (Å²) in [5.41, 5.74) is 6.80. The quantitative estimate of drug-likeness (QED) is 0.409. The van der Waals surface area contributed by atoms with E-state index in [0.29, 0.717) is 31.9 Å². The highest BCUT2D eigenvalue weighted by atomic mass is 32.2. The van der Waals surface area contributed by atoms with E-state index in [0.717, 1.165) is 46.3 Å². The Morgan fingerprint density at radius 1 is 1.41 bits per heavy atom. The van der Waals surface area contributed by atoms with Gasteiger partial charge in [0.05, 0.1) is 16.7 Å². The van der Waals surface area contributed by atoms with Gasteiger partial charge in [-0.15, -0.1) is 22.7 Å². The molecule has 4 N–H and O–H groups in total. The Labute approximate surface area is 179 Å². The lowest BCUT2D eigenvalue weighted by molar-refractivity contribution is -0.113. The Kier molecular flexibility index (Phi) is 5.50. The molecule has 1 atom stereocenters. The molecule has 0 radical (unpaired) electrons. The van der Waals surface area contributed by atoms with Gasteiger partial charge in [-0.1, -0.05) is 18.7 Å². The fourth-order valence-corrected chi connectivity index (χ4v) is 6.53. The van der Waals surface area contributed by atoms with E-state index < -0.39 is 5.91 Å². The number of nitrogens with two attached hydrogens (primary N) is 1. The zero-order valence-electron chi connectivity index (χ0n) is 16.0. The van der Waals surface area contributed by atoms with Crippen molar-refractivity contribution in [3.05, 3.63) is 37.3 Å². The summed E-state index contributed by atoms with van der Waals surface area (Å²) in [5, 5.41) is 4.31. The second-order valence-electron chi connectivity index (χ2n) is 7.20. The molecule has 0 fully saturated rings. The van der Waals surface area contributed by atoms with Crippen LogP contribution >= 0.6 is 34.4 Å². The van der Waals surface area contributed by atoms with Crippen molar-refractivity contribution in [2.24, 2.45) is 11.7 Å². The molecule has 152 valence electrons. The van der Waals surface area contributed by atoms with Gasteiger partial charge in [-0.3, -0.25) is 14.4 Å². The van der Waals surface area contributed by atoms with Gasteiger partial charge in [0.15, 0.2) is 5.16 Å². The summed E-state index contributed by atoms with van der Waals surface area (Å²) in [4.78, 5) is 46.6. The largest absolute Gasteiger partial charge is 0.365 e. The Morgan fingerprint density at radius 2 is 2.21 bits per heavy atom. The lowest BCUT2D eigenvalue weighted by atomic mass is 9.88. The van der Waals surface area contributed by atoms with Crippen LogP contribution in [0.3, 0.4) is 0 Å². The van der Waals surface area contributed by atoms with Crippen molar-refractivity contribution in [2.75, 3.05) is 11.1 Å². The Hall–Kier alpha value is -2.17. The van der Waals surface area contributed by atoms with Crippen molar-refractivity contribution in [3.63, 3.8) is 0 Å². The number of thiophene rings is 2. The molecule has 0 saturated carbocycles. The number of aryl methyl sites for hydroxylation is 1. The van der Waals surface area contributed by atoms with E-state index in [1.807, 2.05) is 6.92 Å². The van der Waals surface area contributed by atoms with Crippen LogP contribution in [0.2, 0.25) is 0 Å². The maximum absolute atomic E-state index is 12.5. The van der Waals surface area contributed by atoms with Crippen molar-refractivity contribution in [1.82, 2.24) is 9.97 Å². The number of rotatable bonds is 5. The van der Waals surface area contributed by atoms with Gasteiger partial charge in [-0.2, -0.15) is 0 Å². The molecule has 0 bridgehead atoms. The van der Waals surface area contributed by atoms with E-state index in [9.17, 15) is 14.4 Å². The molecule has 1 unspecified atom stereocenters. The van der Waals surface area contributed by atoms with Crippen molar-refractivity contribution >= 4 is 61.5 Å². The first-order valence-electron chi connectivity index (χ1n) is 9.19. The number of carbonyl (C=O) groups excluding carboxylic acids is 2. The number of hydrogen-bond acceptors (Lipinski definition) is 7. The zero-order valence-corrected chi connectivity index (χ0v) is 18.4. The van der Waals surface area contributed by atoms with Crippen LogP contribution in [0, 0.1) is 12.8 Å². The van der Waals surface area contributed by atoms with E-state index in [2.05, 4.69) is 22.2 Å². The number of H-pyrrole nitrogens is 1. The molecule has 0 saturated heterocycles. The normalized spacial score (nSPS) is 16.0. The minimum Gasteiger partial charge on any atom is -0.365 e. The second-order valence-corrected chi connectivity index (χ2v) is 10.5. The van der Waals surface area contributed by atoms with Crippen molar-refractivity contribution in [1.29, 1.82) is 0 Å². The van der Waals surface area contributed by atoms with Crippen LogP contribution in [0.25, 0.3) is 10.2 Å². The Morgan fingerprint density at radius 3 is 2.97 bits per heavy atom. The summed E-state index contributed by atoms with van der Waals surface area (Å²) in [5.74, 6) is -0.158. The SMILES string of the molecule is Cc1cc2c(=O)[nH]c(SCC(=O)Nc3sc4c(c3C(N)=O)CCC(C)C4)nc2s1. The molecule has 29 heavy (non-hydrogen) atoms. The summed E-state index contributed by atoms with van der Waals surface area (Å²) in [7, 11) is 0. The number of thioether (sulfide) groups is 1. The summed E-state index contributed by atoms with van der Waals surface area (Å²) >= 11 is 4.03.